The van der Waals surface area contributed by atoms with E-state index in [4.69, 9.17) is 26.8 Å². The van der Waals surface area contributed by atoms with Crippen LogP contribution >= 0.6 is 27.5 Å². The van der Waals surface area contributed by atoms with E-state index in [2.05, 4.69) is 25.9 Å². The molecule has 0 unspecified atom stereocenters. The predicted molar refractivity (Wildman–Crippen MR) is 72.2 cm³/mol. The molecule has 7 heteroatoms. The zero-order chi connectivity index (χ0) is 13.1. The number of nitrogens with two attached hydrogens (primary N) is 1. The van der Waals surface area contributed by atoms with Gasteiger partial charge in [0.15, 0.2) is 5.75 Å². The second-order valence-electron chi connectivity index (χ2n) is 3.29. The summed E-state index contributed by atoms with van der Waals surface area (Å²) >= 11 is 9.24. The van der Waals surface area contributed by atoms with E-state index < -0.39 is 0 Å². The van der Waals surface area contributed by atoms with Gasteiger partial charge < -0.3 is 15.2 Å². The molecule has 0 saturated heterocycles. The van der Waals surface area contributed by atoms with Crippen LogP contribution in [0.15, 0.2) is 28.9 Å². The summed E-state index contributed by atoms with van der Waals surface area (Å²) in [4.78, 5) is 7.85. The minimum absolute atomic E-state index is 0.171. The van der Waals surface area contributed by atoms with Gasteiger partial charge in [0.1, 0.15) is 5.02 Å². The summed E-state index contributed by atoms with van der Waals surface area (Å²) in [5, 5.41) is 0.276. The number of hydrogen-bond acceptors (Lipinski definition) is 5. The monoisotopic (exact) mass is 329 g/mol. The van der Waals surface area contributed by atoms with Gasteiger partial charge in [-0.25, -0.2) is 4.98 Å². The number of aromatic nitrogens is 2. The molecule has 2 aromatic rings. The van der Waals surface area contributed by atoms with Gasteiger partial charge in [0.2, 0.25) is 5.88 Å². The minimum atomic E-state index is 0.171. The molecule has 0 bridgehead atoms. The summed E-state index contributed by atoms with van der Waals surface area (Å²) in [6, 6.07) is 5.41. The summed E-state index contributed by atoms with van der Waals surface area (Å²) in [5.74, 6) is 0.651. The Kier molecular flexibility index (Phi) is 3.88. The van der Waals surface area contributed by atoms with Crippen molar-refractivity contribution in [3.05, 3.63) is 33.9 Å². The quantitative estimate of drug-likeness (QED) is 0.875. The number of anilines is 1. The highest BCUT2D eigenvalue weighted by molar-refractivity contribution is 9.10. The van der Waals surface area contributed by atoms with E-state index in [1.807, 2.05) is 0 Å². The third-order valence-electron chi connectivity index (χ3n) is 2.05. The molecule has 0 saturated carbocycles. The first-order chi connectivity index (χ1) is 8.60. The molecule has 18 heavy (non-hydrogen) atoms. The number of hydrogen-bond donors (Lipinski definition) is 1. The smallest absolute Gasteiger partial charge is 0.319 e. The summed E-state index contributed by atoms with van der Waals surface area (Å²) in [6.07, 6.45) is 1.40. The van der Waals surface area contributed by atoms with Crippen LogP contribution in [0.1, 0.15) is 0 Å². The molecule has 0 aliphatic carbocycles. The van der Waals surface area contributed by atoms with Crippen LogP contribution in [0.3, 0.4) is 0 Å². The maximum atomic E-state index is 5.93. The summed E-state index contributed by atoms with van der Waals surface area (Å²) in [7, 11) is 1.46. The Morgan fingerprint density at radius 2 is 2.17 bits per heavy atom. The molecule has 0 amide bonds. The van der Waals surface area contributed by atoms with E-state index in [9.17, 15) is 0 Å². The van der Waals surface area contributed by atoms with Crippen molar-refractivity contribution in [2.24, 2.45) is 0 Å². The average Bonchev–Trinajstić information content (AvgIpc) is 2.35. The molecule has 1 heterocycles. The van der Waals surface area contributed by atoms with Crippen LogP contribution in [-0.2, 0) is 0 Å². The molecule has 0 aliphatic rings. The third kappa shape index (κ3) is 2.83. The number of methoxy groups -OCH3 is 1. The molecule has 0 atom stereocenters. The van der Waals surface area contributed by atoms with Crippen LogP contribution in [0.5, 0.6) is 17.6 Å². The molecule has 1 aromatic carbocycles. The van der Waals surface area contributed by atoms with E-state index in [1.54, 1.807) is 18.2 Å². The van der Waals surface area contributed by atoms with Gasteiger partial charge in [-0.3, -0.25) is 0 Å². The average molecular weight is 331 g/mol. The molecule has 0 aliphatic heterocycles. The van der Waals surface area contributed by atoms with Gasteiger partial charge >= 0.3 is 6.01 Å². The van der Waals surface area contributed by atoms with Gasteiger partial charge in [0, 0.05) is 4.47 Å². The van der Waals surface area contributed by atoms with E-state index in [0.29, 0.717) is 11.4 Å². The largest absolute Gasteiger partial charge is 0.467 e. The van der Waals surface area contributed by atoms with Crippen LogP contribution < -0.4 is 15.2 Å². The van der Waals surface area contributed by atoms with Crippen LogP contribution in [0, 0.1) is 0 Å². The van der Waals surface area contributed by atoms with Gasteiger partial charge in [-0.15, -0.1) is 0 Å². The number of halogens is 2. The second kappa shape index (κ2) is 5.41. The van der Waals surface area contributed by atoms with E-state index in [0.717, 1.165) is 4.47 Å². The van der Waals surface area contributed by atoms with Gasteiger partial charge in [0.05, 0.1) is 19.0 Å². The van der Waals surface area contributed by atoms with Gasteiger partial charge in [-0.05, 0) is 18.2 Å². The molecule has 2 rings (SSSR count). The van der Waals surface area contributed by atoms with Crippen molar-refractivity contribution in [3.8, 4) is 17.6 Å². The fraction of sp³-hybridized carbons (Fsp3) is 0.0909. The molecular formula is C11H9BrClN3O2. The first-order valence-corrected chi connectivity index (χ1v) is 6.06. The van der Waals surface area contributed by atoms with Crippen molar-refractivity contribution in [2.75, 3.05) is 12.8 Å². The van der Waals surface area contributed by atoms with Crippen molar-refractivity contribution >= 4 is 33.2 Å². The van der Waals surface area contributed by atoms with Crippen molar-refractivity contribution in [1.29, 1.82) is 0 Å². The molecule has 5 nitrogen and oxygen atoms in total. The lowest BCUT2D eigenvalue weighted by Gasteiger charge is -2.09. The molecule has 0 fully saturated rings. The standard InChI is InChI=1S/C11H9BrClN3O2/c1-17-11-15-5-7(13)10(16-11)18-9-3-2-6(12)4-8(9)14/h2-5H,14H2,1H3. The zero-order valence-electron chi connectivity index (χ0n) is 9.35. The first kappa shape index (κ1) is 12.9. The van der Waals surface area contributed by atoms with E-state index in [-0.39, 0.29) is 16.9 Å². The Labute approximate surface area is 117 Å². The lowest BCUT2D eigenvalue weighted by molar-refractivity contribution is 0.366. The topological polar surface area (TPSA) is 70.3 Å². The van der Waals surface area contributed by atoms with Crippen LogP contribution in [0.25, 0.3) is 0 Å². The fourth-order valence-electron chi connectivity index (χ4n) is 1.22. The Balaban J connectivity index is 2.33. The predicted octanol–water partition coefficient (Wildman–Crippen LogP) is 3.28. The lowest BCUT2D eigenvalue weighted by atomic mass is 10.3. The molecular weight excluding hydrogens is 321 g/mol. The number of rotatable bonds is 3. The maximum Gasteiger partial charge on any atom is 0.319 e. The normalized spacial score (nSPS) is 10.2. The fourth-order valence-corrected chi connectivity index (χ4v) is 1.73. The Morgan fingerprint density at radius 1 is 1.39 bits per heavy atom. The summed E-state index contributed by atoms with van der Waals surface area (Å²) in [5.41, 5.74) is 6.29. The molecule has 94 valence electrons. The van der Waals surface area contributed by atoms with Gasteiger partial charge in [0.25, 0.3) is 0 Å². The van der Waals surface area contributed by atoms with Crippen molar-refractivity contribution < 1.29 is 9.47 Å². The van der Waals surface area contributed by atoms with Crippen LogP contribution in [0.2, 0.25) is 5.02 Å². The zero-order valence-corrected chi connectivity index (χ0v) is 11.7. The van der Waals surface area contributed by atoms with Crippen molar-refractivity contribution in [2.45, 2.75) is 0 Å². The highest BCUT2D eigenvalue weighted by Gasteiger charge is 2.10. The lowest BCUT2D eigenvalue weighted by Crippen LogP contribution is -1.97. The van der Waals surface area contributed by atoms with Crippen LogP contribution in [0.4, 0.5) is 5.69 Å². The summed E-state index contributed by atoms with van der Waals surface area (Å²) < 4.78 is 11.3. The van der Waals surface area contributed by atoms with E-state index in [1.165, 1.54) is 13.3 Å². The Hall–Kier alpha value is -1.53. The second-order valence-corrected chi connectivity index (χ2v) is 4.62. The number of nitrogen functional groups attached to an aromatic ring is 1. The maximum absolute atomic E-state index is 5.93. The Morgan fingerprint density at radius 3 is 2.83 bits per heavy atom. The SMILES string of the molecule is COc1ncc(Cl)c(Oc2ccc(Br)cc2N)n1. The first-order valence-electron chi connectivity index (χ1n) is 4.89. The summed E-state index contributed by atoms with van der Waals surface area (Å²) in [6.45, 7) is 0. The highest BCUT2D eigenvalue weighted by Crippen LogP contribution is 2.32. The molecule has 0 radical (unpaired) electrons. The number of nitrogens with zero attached hydrogens (tertiary/aromatic N) is 2. The molecule has 2 N–H and O–H groups in total. The van der Waals surface area contributed by atoms with Crippen LogP contribution in [-0.4, -0.2) is 17.1 Å². The van der Waals surface area contributed by atoms with Crippen molar-refractivity contribution in [3.63, 3.8) is 0 Å². The minimum Gasteiger partial charge on any atom is -0.467 e. The molecule has 0 spiro atoms. The highest BCUT2D eigenvalue weighted by atomic mass is 79.9. The molecule has 1 aromatic heterocycles. The Bertz CT molecular complexity index is 580. The number of benzene rings is 1. The number of ether oxygens (including phenoxy) is 2. The van der Waals surface area contributed by atoms with Gasteiger partial charge in [-0.1, -0.05) is 27.5 Å². The third-order valence-corrected chi connectivity index (χ3v) is 2.80. The van der Waals surface area contributed by atoms with Crippen molar-refractivity contribution in [1.82, 2.24) is 9.97 Å². The van der Waals surface area contributed by atoms with Gasteiger partial charge in [-0.2, -0.15) is 4.98 Å². The van der Waals surface area contributed by atoms with E-state index >= 15 is 0 Å².